The van der Waals surface area contributed by atoms with E-state index in [-0.39, 0.29) is 35.2 Å². The number of benzene rings is 1. The second-order valence-corrected chi connectivity index (χ2v) is 8.41. The molecule has 1 atom stereocenters. The maximum Gasteiger partial charge on any atom is 0.418 e. The van der Waals surface area contributed by atoms with Crippen molar-refractivity contribution in [2.24, 2.45) is 0 Å². The zero-order valence-corrected chi connectivity index (χ0v) is 17.7. The molecule has 3 heterocycles. The van der Waals surface area contributed by atoms with Gasteiger partial charge in [-0.25, -0.2) is 9.97 Å². The molecule has 1 unspecified atom stereocenters. The first-order valence-electron chi connectivity index (χ1n) is 9.59. The van der Waals surface area contributed by atoms with E-state index in [4.69, 9.17) is 0 Å². The van der Waals surface area contributed by atoms with Gasteiger partial charge in [0, 0.05) is 55.5 Å². The van der Waals surface area contributed by atoms with Crippen LogP contribution in [-0.4, -0.2) is 37.9 Å². The zero-order chi connectivity index (χ0) is 22.9. The third-order valence-corrected chi connectivity index (χ3v) is 5.73. The van der Waals surface area contributed by atoms with Gasteiger partial charge in [0.25, 0.3) is 5.91 Å². The van der Waals surface area contributed by atoms with E-state index in [2.05, 4.69) is 20.3 Å². The predicted octanol–water partition coefficient (Wildman–Crippen LogP) is 3.44. The number of para-hydroxylation sites is 1. The summed E-state index contributed by atoms with van der Waals surface area (Å²) in [5, 5.41) is 2.80. The van der Waals surface area contributed by atoms with Crippen molar-refractivity contribution in [1.29, 1.82) is 0 Å². The van der Waals surface area contributed by atoms with Gasteiger partial charge in [0.15, 0.2) is 0 Å². The van der Waals surface area contributed by atoms with Gasteiger partial charge in [-0.2, -0.15) is 13.2 Å². The van der Waals surface area contributed by atoms with E-state index in [0.717, 1.165) is 6.07 Å². The van der Waals surface area contributed by atoms with Crippen molar-refractivity contribution in [3.05, 3.63) is 71.3 Å². The van der Waals surface area contributed by atoms with Crippen molar-refractivity contribution >= 4 is 28.1 Å². The quantitative estimate of drug-likeness (QED) is 0.599. The molecule has 0 saturated heterocycles. The van der Waals surface area contributed by atoms with Gasteiger partial charge in [0.05, 0.1) is 33.4 Å². The first-order valence-corrected chi connectivity index (χ1v) is 11.1. The number of rotatable bonds is 4. The number of halogens is 3. The molecule has 0 aliphatic carbocycles. The topological polar surface area (TPSA) is 88.1 Å². The van der Waals surface area contributed by atoms with Crippen LogP contribution in [0.15, 0.2) is 54.1 Å². The molecule has 1 N–H and O–H groups in total. The van der Waals surface area contributed by atoms with Gasteiger partial charge < -0.3 is 10.2 Å². The number of hydrogen-bond acceptors (Lipinski definition) is 6. The highest BCUT2D eigenvalue weighted by Crippen LogP contribution is 2.42. The minimum Gasteiger partial charge on any atom is -0.365 e. The van der Waals surface area contributed by atoms with E-state index in [0.29, 0.717) is 17.7 Å². The van der Waals surface area contributed by atoms with Crippen molar-refractivity contribution in [2.45, 2.75) is 24.3 Å². The van der Waals surface area contributed by atoms with Gasteiger partial charge in [0.1, 0.15) is 0 Å². The van der Waals surface area contributed by atoms with Crippen LogP contribution in [0.2, 0.25) is 0 Å². The number of aromatic nitrogens is 3. The summed E-state index contributed by atoms with van der Waals surface area (Å²) < 4.78 is 53.3. The second kappa shape index (κ2) is 8.65. The smallest absolute Gasteiger partial charge is 0.365 e. The van der Waals surface area contributed by atoms with Crippen molar-refractivity contribution in [3.63, 3.8) is 0 Å². The number of alkyl halides is 3. The molecule has 1 aliphatic heterocycles. The molecule has 1 amide bonds. The Labute approximate surface area is 184 Å². The summed E-state index contributed by atoms with van der Waals surface area (Å²) in [4.78, 5) is 26.4. The summed E-state index contributed by atoms with van der Waals surface area (Å²) in [6, 6.07) is 6.66. The van der Waals surface area contributed by atoms with Crippen LogP contribution in [0, 0.1) is 0 Å². The highest BCUT2D eigenvalue weighted by Gasteiger charge is 2.37. The molecule has 0 bridgehead atoms. The Morgan fingerprint density at radius 1 is 1.19 bits per heavy atom. The summed E-state index contributed by atoms with van der Waals surface area (Å²) in [7, 11) is -1.35. The number of nitrogens with one attached hydrogen (secondary N) is 1. The normalized spacial score (nSPS) is 14.6. The third kappa shape index (κ3) is 4.47. The van der Waals surface area contributed by atoms with Crippen LogP contribution in [0.25, 0.3) is 0 Å². The van der Waals surface area contributed by atoms with Crippen LogP contribution in [-0.2, 0) is 29.9 Å². The first-order chi connectivity index (χ1) is 15.2. The number of fused-ring (bicyclic) bond motifs is 1. The van der Waals surface area contributed by atoms with Crippen LogP contribution >= 0.6 is 0 Å². The Hall–Kier alpha value is -3.34. The minimum absolute atomic E-state index is 0.0530. The average molecular weight is 461 g/mol. The largest absolute Gasteiger partial charge is 0.418 e. The van der Waals surface area contributed by atoms with Crippen molar-refractivity contribution in [2.75, 3.05) is 23.0 Å². The fraction of sp³-hybridized carbons (Fsp3) is 0.238. The number of carbonyl (C=O) groups is 1. The Balaban J connectivity index is 1.72. The molecule has 2 aromatic heterocycles. The molecule has 1 aliphatic rings. The summed E-state index contributed by atoms with van der Waals surface area (Å²) in [5.74, 6) is -0.538. The van der Waals surface area contributed by atoms with Crippen LogP contribution in [0.4, 0.5) is 24.5 Å². The minimum atomic E-state index is -4.62. The van der Waals surface area contributed by atoms with E-state index >= 15 is 0 Å². The van der Waals surface area contributed by atoms with Crippen molar-refractivity contribution in [3.8, 4) is 0 Å². The molecule has 0 fully saturated rings. The van der Waals surface area contributed by atoms with E-state index in [1.165, 1.54) is 49.1 Å². The monoisotopic (exact) mass is 461 g/mol. The van der Waals surface area contributed by atoms with Crippen molar-refractivity contribution in [1.82, 2.24) is 15.0 Å². The number of carbonyl (C=O) groups excluding carboxylic acids is 1. The molecular weight excluding hydrogens is 443 g/mol. The highest BCUT2D eigenvalue weighted by atomic mass is 32.2. The van der Waals surface area contributed by atoms with Gasteiger partial charge in [-0.15, -0.1) is 0 Å². The lowest BCUT2D eigenvalue weighted by Gasteiger charge is -2.33. The number of pyridine rings is 1. The Kier molecular flexibility index (Phi) is 5.92. The average Bonchev–Trinajstić information content (AvgIpc) is 2.78. The zero-order valence-electron chi connectivity index (χ0n) is 16.9. The van der Waals surface area contributed by atoms with Crippen LogP contribution < -0.4 is 10.2 Å². The molecule has 4 rings (SSSR count). The third-order valence-electron chi connectivity index (χ3n) is 5.02. The number of anilines is 2. The summed E-state index contributed by atoms with van der Waals surface area (Å²) >= 11 is 0. The summed E-state index contributed by atoms with van der Waals surface area (Å²) in [6.07, 6.45) is 1.56. The number of amides is 1. The summed E-state index contributed by atoms with van der Waals surface area (Å²) in [5.41, 5.74) is 0.678. The number of hydrogen-bond donors (Lipinski definition) is 1. The maximum atomic E-state index is 13.9. The predicted molar refractivity (Wildman–Crippen MR) is 113 cm³/mol. The molecule has 1 aromatic carbocycles. The molecule has 32 heavy (non-hydrogen) atoms. The van der Waals surface area contributed by atoms with E-state index in [1.807, 2.05) is 0 Å². The molecule has 3 aromatic rings. The SMILES string of the molecule is CS(=O)c1ncc2c(n1)CCN(c1c(NC(=O)c3ccncc3)cccc1C(F)(F)F)C2. The van der Waals surface area contributed by atoms with Crippen LogP contribution in [0.3, 0.4) is 0 Å². The lowest BCUT2D eigenvalue weighted by molar-refractivity contribution is -0.137. The van der Waals surface area contributed by atoms with Gasteiger partial charge in [-0.1, -0.05) is 6.07 Å². The molecule has 0 radical (unpaired) electrons. The van der Waals surface area contributed by atoms with Crippen LogP contribution in [0.5, 0.6) is 0 Å². The Bertz CT molecular complexity index is 1190. The number of nitrogens with zero attached hydrogens (tertiary/aromatic N) is 4. The Morgan fingerprint density at radius 2 is 1.94 bits per heavy atom. The highest BCUT2D eigenvalue weighted by molar-refractivity contribution is 7.84. The fourth-order valence-electron chi connectivity index (χ4n) is 3.54. The fourth-order valence-corrected chi connectivity index (χ4v) is 3.98. The molecule has 0 saturated carbocycles. The Morgan fingerprint density at radius 3 is 2.62 bits per heavy atom. The first kappa shape index (κ1) is 21.9. The molecule has 7 nitrogen and oxygen atoms in total. The van der Waals surface area contributed by atoms with Gasteiger partial charge in [0.2, 0.25) is 5.16 Å². The maximum absolute atomic E-state index is 13.9. The van der Waals surface area contributed by atoms with Crippen molar-refractivity contribution < 1.29 is 22.2 Å². The second-order valence-electron chi connectivity index (χ2n) is 7.14. The van der Waals surface area contributed by atoms with Gasteiger partial charge in [-0.05, 0) is 24.3 Å². The van der Waals surface area contributed by atoms with E-state index in [9.17, 15) is 22.2 Å². The van der Waals surface area contributed by atoms with Crippen LogP contribution in [0.1, 0.15) is 27.2 Å². The van der Waals surface area contributed by atoms with E-state index < -0.39 is 28.4 Å². The molecule has 11 heteroatoms. The van der Waals surface area contributed by atoms with Gasteiger partial charge in [-0.3, -0.25) is 14.0 Å². The van der Waals surface area contributed by atoms with Gasteiger partial charge >= 0.3 is 6.18 Å². The molecule has 166 valence electrons. The lowest BCUT2D eigenvalue weighted by Crippen LogP contribution is -2.34. The molecule has 0 spiro atoms. The standard InChI is InChI=1S/C21H18F3N5O2S/c1-32(31)20-26-11-14-12-29(10-7-16(14)28-20)18-15(21(22,23)24)3-2-4-17(18)27-19(30)13-5-8-25-9-6-13/h2-6,8-9,11H,7,10,12H2,1H3,(H,27,30). The molecular formula is C21H18F3N5O2S. The van der Waals surface area contributed by atoms with E-state index in [1.54, 1.807) is 4.90 Å². The lowest BCUT2D eigenvalue weighted by atomic mass is 10.0. The summed E-state index contributed by atoms with van der Waals surface area (Å²) in [6.45, 7) is 0.363.